The highest BCUT2D eigenvalue weighted by Crippen LogP contribution is 2.05. The summed E-state index contributed by atoms with van der Waals surface area (Å²) in [6.07, 6.45) is 0.874. The molecule has 1 aliphatic heterocycles. The molecule has 68 valence electrons. The highest BCUT2D eigenvalue weighted by atomic mass is 16.2. The van der Waals surface area contributed by atoms with E-state index in [1.807, 2.05) is 0 Å². The SMILES string of the molecule is CC(C)CCN1C(=O)CNC1=O. The van der Waals surface area contributed by atoms with Crippen LogP contribution in [0.2, 0.25) is 0 Å². The summed E-state index contributed by atoms with van der Waals surface area (Å²) in [5.74, 6) is 0.409. The summed E-state index contributed by atoms with van der Waals surface area (Å²) in [5, 5.41) is 2.48. The monoisotopic (exact) mass is 170 g/mol. The fraction of sp³-hybridized carbons (Fsp3) is 0.750. The Morgan fingerprint density at radius 3 is 2.58 bits per heavy atom. The first-order valence-corrected chi connectivity index (χ1v) is 4.19. The molecule has 0 aromatic heterocycles. The maximum Gasteiger partial charge on any atom is 0.324 e. The minimum atomic E-state index is -0.249. The molecule has 1 aliphatic rings. The molecule has 1 saturated heterocycles. The summed E-state index contributed by atoms with van der Waals surface area (Å²) in [5.41, 5.74) is 0. The molecular weight excluding hydrogens is 156 g/mol. The van der Waals surface area contributed by atoms with Crippen LogP contribution in [0.5, 0.6) is 0 Å². The summed E-state index contributed by atoms with van der Waals surface area (Å²) in [7, 11) is 0. The number of rotatable bonds is 3. The van der Waals surface area contributed by atoms with Crippen molar-refractivity contribution in [3.8, 4) is 0 Å². The van der Waals surface area contributed by atoms with Crippen molar-refractivity contribution in [2.75, 3.05) is 13.1 Å². The zero-order chi connectivity index (χ0) is 9.14. The minimum Gasteiger partial charge on any atom is -0.329 e. The van der Waals surface area contributed by atoms with Crippen LogP contribution in [0.15, 0.2) is 0 Å². The summed E-state index contributed by atoms with van der Waals surface area (Å²) < 4.78 is 0. The van der Waals surface area contributed by atoms with E-state index in [9.17, 15) is 9.59 Å². The van der Waals surface area contributed by atoms with Gasteiger partial charge >= 0.3 is 6.03 Å². The summed E-state index contributed by atoms with van der Waals surface area (Å²) in [4.78, 5) is 23.3. The third-order valence-electron chi connectivity index (χ3n) is 1.87. The van der Waals surface area contributed by atoms with Crippen molar-refractivity contribution in [1.29, 1.82) is 0 Å². The average Bonchev–Trinajstić information content (AvgIpc) is 2.28. The molecule has 4 heteroatoms. The Bertz CT molecular complexity index is 185. The van der Waals surface area contributed by atoms with E-state index in [4.69, 9.17) is 0 Å². The second kappa shape index (κ2) is 3.56. The van der Waals surface area contributed by atoms with Crippen LogP contribution in [0, 0.1) is 5.92 Å². The van der Waals surface area contributed by atoms with Gasteiger partial charge in [-0.2, -0.15) is 0 Å². The Morgan fingerprint density at radius 1 is 1.50 bits per heavy atom. The highest BCUT2D eigenvalue weighted by molar-refractivity contribution is 6.01. The molecule has 0 atom stereocenters. The van der Waals surface area contributed by atoms with Gasteiger partial charge in [0.05, 0.1) is 6.54 Å². The number of urea groups is 1. The number of imide groups is 1. The van der Waals surface area contributed by atoms with Crippen LogP contribution >= 0.6 is 0 Å². The van der Waals surface area contributed by atoms with Crippen LogP contribution in [0.3, 0.4) is 0 Å². The van der Waals surface area contributed by atoms with Crippen molar-refractivity contribution < 1.29 is 9.59 Å². The lowest BCUT2D eigenvalue weighted by molar-refractivity contribution is -0.125. The predicted molar refractivity (Wildman–Crippen MR) is 44.6 cm³/mol. The molecule has 12 heavy (non-hydrogen) atoms. The first kappa shape index (κ1) is 9.03. The molecule has 0 saturated carbocycles. The van der Waals surface area contributed by atoms with E-state index in [0.717, 1.165) is 6.42 Å². The molecule has 1 rings (SSSR count). The van der Waals surface area contributed by atoms with Gasteiger partial charge < -0.3 is 5.32 Å². The summed E-state index contributed by atoms with van der Waals surface area (Å²) in [6, 6.07) is -0.249. The number of nitrogens with one attached hydrogen (secondary N) is 1. The number of carbonyl (C=O) groups is 2. The fourth-order valence-electron chi connectivity index (χ4n) is 1.07. The number of nitrogens with zero attached hydrogens (tertiary/aromatic N) is 1. The van der Waals surface area contributed by atoms with Gasteiger partial charge in [0.1, 0.15) is 0 Å². The maximum atomic E-state index is 11.0. The minimum absolute atomic E-state index is 0.111. The molecule has 4 nitrogen and oxygen atoms in total. The Kier molecular flexibility index (Phi) is 2.68. The van der Waals surface area contributed by atoms with Crippen LogP contribution < -0.4 is 5.32 Å². The molecule has 3 amide bonds. The highest BCUT2D eigenvalue weighted by Gasteiger charge is 2.27. The van der Waals surface area contributed by atoms with Crippen LogP contribution in [-0.2, 0) is 4.79 Å². The van der Waals surface area contributed by atoms with Crippen LogP contribution in [0.25, 0.3) is 0 Å². The average molecular weight is 170 g/mol. The van der Waals surface area contributed by atoms with E-state index < -0.39 is 0 Å². The molecule has 1 heterocycles. The van der Waals surface area contributed by atoms with Crippen LogP contribution in [-0.4, -0.2) is 29.9 Å². The molecule has 0 aromatic carbocycles. The first-order valence-electron chi connectivity index (χ1n) is 4.19. The summed E-state index contributed by atoms with van der Waals surface area (Å²) in [6.45, 7) is 4.84. The van der Waals surface area contributed by atoms with E-state index in [2.05, 4.69) is 19.2 Å². The zero-order valence-electron chi connectivity index (χ0n) is 7.46. The van der Waals surface area contributed by atoms with Crippen molar-refractivity contribution in [2.24, 2.45) is 5.92 Å². The fourth-order valence-corrected chi connectivity index (χ4v) is 1.07. The largest absolute Gasteiger partial charge is 0.329 e. The molecule has 0 radical (unpaired) electrons. The van der Waals surface area contributed by atoms with Gasteiger partial charge in [0.25, 0.3) is 0 Å². The van der Waals surface area contributed by atoms with Gasteiger partial charge in [-0.3, -0.25) is 9.69 Å². The van der Waals surface area contributed by atoms with E-state index in [1.54, 1.807) is 0 Å². The smallest absolute Gasteiger partial charge is 0.324 e. The number of carbonyl (C=O) groups excluding carboxylic acids is 2. The van der Waals surface area contributed by atoms with Crippen molar-refractivity contribution in [1.82, 2.24) is 10.2 Å². The lowest BCUT2D eigenvalue weighted by Crippen LogP contribution is -2.32. The number of hydrogen-bond donors (Lipinski definition) is 1. The van der Waals surface area contributed by atoms with Gasteiger partial charge in [-0.15, -0.1) is 0 Å². The van der Waals surface area contributed by atoms with E-state index >= 15 is 0 Å². The van der Waals surface area contributed by atoms with Gasteiger partial charge in [-0.05, 0) is 12.3 Å². The molecule has 0 unspecified atom stereocenters. The Balaban J connectivity index is 2.40. The molecule has 0 bridgehead atoms. The van der Waals surface area contributed by atoms with Gasteiger partial charge in [0.2, 0.25) is 5.91 Å². The van der Waals surface area contributed by atoms with Crippen molar-refractivity contribution in [3.63, 3.8) is 0 Å². The van der Waals surface area contributed by atoms with Crippen molar-refractivity contribution in [2.45, 2.75) is 20.3 Å². The topological polar surface area (TPSA) is 49.4 Å². The molecular formula is C8H14N2O2. The second-order valence-corrected chi connectivity index (χ2v) is 3.39. The standard InChI is InChI=1S/C8H14N2O2/c1-6(2)3-4-10-7(11)5-9-8(10)12/h6H,3-5H2,1-2H3,(H,9,12). The Hall–Kier alpha value is -1.06. The van der Waals surface area contributed by atoms with Gasteiger partial charge in [-0.1, -0.05) is 13.8 Å². The molecule has 0 aliphatic carbocycles. The quantitative estimate of drug-likeness (QED) is 0.630. The lowest BCUT2D eigenvalue weighted by Gasteiger charge is -2.13. The predicted octanol–water partition coefficient (Wildman–Crippen LogP) is 0.584. The van der Waals surface area contributed by atoms with Gasteiger partial charge in [0.15, 0.2) is 0 Å². The van der Waals surface area contributed by atoms with Crippen molar-refractivity contribution in [3.05, 3.63) is 0 Å². The van der Waals surface area contributed by atoms with Crippen molar-refractivity contribution >= 4 is 11.9 Å². The molecule has 0 aromatic rings. The molecule has 1 fully saturated rings. The maximum absolute atomic E-state index is 11.0. The molecule has 1 N–H and O–H groups in total. The summed E-state index contributed by atoms with van der Waals surface area (Å²) >= 11 is 0. The van der Waals surface area contributed by atoms with E-state index in [-0.39, 0.29) is 18.5 Å². The zero-order valence-corrected chi connectivity index (χ0v) is 7.46. The van der Waals surface area contributed by atoms with Gasteiger partial charge in [0, 0.05) is 6.54 Å². The Morgan fingerprint density at radius 2 is 2.17 bits per heavy atom. The number of hydrogen-bond acceptors (Lipinski definition) is 2. The third-order valence-corrected chi connectivity index (χ3v) is 1.87. The van der Waals surface area contributed by atoms with E-state index in [0.29, 0.717) is 12.5 Å². The van der Waals surface area contributed by atoms with Crippen LogP contribution in [0.4, 0.5) is 4.79 Å². The normalized spacial score (nSPS) is 17.4. The number of amides is 3. The Labute approximate surface area is 71.9 Å². The second-order valence-electron chi connectivity index (χ2n) is 3.39. The lowest BCUT2D eigenvalue weighted by atomic mass is 10.1. The third kappa shape index (κ3) is 1.96. The first-order chi connectivity index (χ1) is 5.61. The molecule has 0 spiro atoms. The van der Waals surface area contributed by atoms with E-state index in [1.165, 1.54) is 4.90 Å². The van der Waals surface area contributed by atoms with Gasteiger partial charge in [-0.25, -0.2) is 4.79 Å². The van der Waals surface area contributed by atoms with Crippen LogP contribution in [0.1, 0.15) is 20.3 Å².